The standard InChI is InChI=1S/C15H21ClFN3O/c1-10-3-2-6-20(14(10)8-18)9-15(21)19-13-5-4-11(16)7-12(13)17/h4-5,7,10,14H,2-3,6,8-9,18H2,1H3,(H,19,21). The Labute approximate surface area is 129 Å². The van der Waals surface area contributed by atoms with Crippen molar-refractivity contribution in [3.63, 3.8) is 0 Å². The molecule has 1 aromatic rings. The third kappa shape index (κ3) is 4.15. The molecule has 0 aromatic heterocycles. The van der Waals surface area contributed by atoms with Gasteiger partial charge < -0.3 is 11.1 Å². The summed E-state index contributed by atoms with van der Waals surface area (Å²) in [6.07, 6.45) is 2.19. The number of likely N-dealkylation sites (tertiary alicyclic amines) is 1. The van der Waals surface area contributed by atoms with Crippen LogP contribution in [0.1, 0.15) is 19.8 Å². The van der Waals surface area contributed by atoms with Crippen LogP contribution in [0.3, 0.4) is 0 Å². The lowest BCUT2D eigenvalue weighted by Gasteiger charge is -2.38. The Morgan fingerprint density at radius 1 is 1.57 bits per heavy atom. The van der Waals surface area contributed by atoms with Crippen LogP contribution in [-0.2, 0) is 4.79 Å². The zero-order valence-electron chi connectivity index (χ0n) is 12.1. The van der Waals surface area contributed by atoms with Gasteiger partial charge in [0.2, 0.25) is 5.91 Å². The third-order valence-electron chi connectivity index (χ3n) is 4.02. The van der Waals surface area contributed by atoms with E-state index >= 15 is 0 Å². The molecule has 21 heavy (non-hydrogen) atoms. The summed E-state index contributed by atoms with van der Waals surface area (Å²) in [5, 5.41) is 2.89. The van der Waals surface area contributed by atoms with Gasteiger partial charge in [0.05, 0.1) is 12.2 Å². The second kappa shape index (κ2) is 7.20. The monoisotopic (exact) mass is 313 g/mol. The van der Waals surface area contributed by atoms with E-state index in [4.69, 9.17) is 17.3 Å². The third-order valence-corrected chi connectivity index (χ3v) is 4.26. The van der Waals surface area contributed by atoms with Crippen LogP contribution < -0.4 is 11.1 Å². The summed E-state index contributed by atoms with van der Waals surface area (Å²) in [6.45, 7) is 3.77. The molecule has 1 heterocycles. The lowest BCUT2D eigenvalue weighted by molar-refractivity contribution is -0.118. The van der Waals surface area contributed by atoms with Crippen molar-refractivity contribution >= 4 is 23.2 Å². The van der Waals surface area contributed by atoms with Crippen LogP contribution in [0, 0.1) is 11.7 Å². The molecule has 1 aliphatic rings. The van der Waals surface area contributed by atoms with Crippen molar-refractivity contribution in [2.75, 3.05) is 25.0 Å². The van der Waals surface area contributed by atoms with E-state index in [2.05, 4.69) is 17.1 Å². The Morgan fingerprint density at radius 3 is 3.00 bits per heavy atom. The molecule has 0 bridgehead atoms. The van der Waals surface area contributed by atoms with E-state index in [1.165, 1.54) is 12.1 Å². The highest BCUT2D eigenvalue weighted by atomic mass is 35.5. The van der Waals surface area contributed by atoms with Crippen molar-refractivity contribution in [3.05, 3.63) is 29.0 Å². The number of nitrogens with one attached hydrogen (secondary N) is 1. The molecule has 0 aliphatic carbocycles. The maximum Gasteiger partial charge on any atom is 0.238 e. The Kier molecular flexibility index (Phi) is 5.56. The van der Waals surface area contributed by atoms with Gasteiger partial charge in [-0.25, -0.2) is 4.39 Å². The molecular formula is C15H21ClFN3O. The van der Waals surface area contributed by atoms with Crippen molar-refractivity contribution in [1.29, 1.82) is 0 Å². The molecule has 1 fully saturated rings. The fraction of sp³-hybridized carbons (Fsp3) is 0.533. The first-order valence-electron chi connectivity index (χ1n) is 7.20. The summed E-state index contributed by atoms with van der Waals surface area (Å²) in [7, 11) is 0. The van der Waals surface area contributed by atoms with E-state index < -0.39 is 5.82 Å². The van der Waals surface area contributed by atoms with Crippen molar-refractivity contribution in [3.8, 4) is 0 Å². The lowest BCUT2D eigenvalue weighted by atomic mass is 9.91. The number of piperidine rings is 1. The van der Waals surface area contributed by atoms with Crippen LogP contribution in [0.25, 0.3) is 0 Å². The summed E-state index contributed by atoms with van der Waals surface area (Å²) in [4.78, 5) is 14.2. The number of benzene rings is 1. The van der Waals surface area contributed by atoms with Gasteiger partial charge in [-0.1, -0.05) is 18.5 Å². The van der Waals surface area contributed by atoms with E-state index in [9.17, 15) is 9.18 Å². The fourth-order valence-electron chi connectivity index (χ4n) is 2.88. The molecule has 0 saturated carbocycles. The number of rotatable bonds is 4. The van der Waals surface area contributed by atoms with Gasteiger partial charge in [0.25, 0.3) is 0 Å². The van der Waals surface area contributed by atoms with Gasteiger partial charge in [0, 0.05) is 17.6 Å². The average Bonchev–Trinajstić information content (AvgIpc) is 2.42. The van der Waals surface area contributed by atoms with E-state index in [1.54, 1.807) is 6.07 Å². The van der Waals surface area contributed by atoms with E-state index in [0.717, 1.165) is 19.4 Å². The number of nitrogens with zero attached hydrogens (tertiary/aromatic N) is 1. The molecule has 4 nitrogen and oxygen atoms in total. The van der Waals surface area contributed by atoms with Gasteiger partial charge in [-0.05, 0) is 43.5 Å². The van der Waals surface area contributed by atoms with Crippen LogP contribution >= 0.6 is 11.6 Å². The molecule has 0 spiro atoms. The van der Waals surface area contributed by atoms with Crippen molar-refractivity contribution < 1.29 is 9.18 Å². The number of hydrogen-bond acceptors (Lipinski definition) is 3. The summed E-state index contributed by atoms with van der Waals surface area (Å²) in [6, 6.07) is 4.41. The van der Waals surface area contributed by atoms with Crippen LogP contribution in [0.2, 0.25) is 5.02 Å². The first-order chi connectivity index (χ1) is 10.0. The molecule has 0 radical (unpaired) electrons. The minimum absolute atomic E-state index is 0.152. The molecule has 1 amide bonds. The second-order valence-electron chi connectivity index (χ2n) is 5.57. The zero-order chi connectivity index (χ0) is 15.4. The van der Waals surface area contributed by atoms with Crippen molar-refractivity contribution in [2.45, 2.75) is 25.8 Å². The summed E-state index contributed by atoms with van der Waals surface area (Å²) in [5.41, 5.74) is 5.96. The molecule has 3 N–H and O–H groups in total. The van der Waals surface area contributed by atoms with E-state index in [1.807, 2.05) is 0 Å². The SMILES string of the molecule is CC1CCCN(CC(=O)Nc2ccc(Cl)cc2F)C1CN. The van der Waals surface area contributed by atoms with Gasteiger partial charge in [-0.3, -0.25) is 9.69 Å². The number of amides is 1. The highest BCUT2D eigenvalue weighted by molar-refractivity contribution is 6.30. The molecule has 2 unspecified atom stereocenters. The topological polar surface area (TPSA) is 58.4 Å². The van der Waals surface area contributed by atoms with Crippen LogP contribution in [0.4, 0.5) is 10.1 Å². The molecule has 1 aromatic carbocycles. The Morgan fingerprint density at radius 2 is 2.33 bits per heavy atom. The summed E-state index contributed by atoms with van der Waals surface area (Å²) in [5.74, 6) is -0.286. The minimum Gasteiger partial charge on any atom is -0.329 e. The highest BCUT2D eigenvalue weighted by Gasteiger charge is 2.28. The maximum absolute atomic E-state index is 13.7. The van der Waals surface area contributed by atoms with Crippen molar-refractivity contribution in [1.82, 2.24) is 4.90 Å². The largest absolute Gasteiger partial charge is 0.329 e. The van der Waals surface area contributed by atoms with Gasteiger partial charge in [-0.15, -0.1) is 0 Å². The quantitative estimate of drug-likeness (QED) is 0.898. The van der Waals surface area contributed by atoms with Gasteiger partial charge in [-0.2, -0.15) is 0 Å². The highest BCUT2D eigenvalue weighted by Crippen LogP contribution is 2.23. The average molecular weight is 314 g/mol. The number of hydrogen-bond donors (Lipinski definition) is 2. The molecule has 2 rings (SSSR count). The first kappa shape index (κ1) is 16.2. The number of nitrogens with two attached hydrogens (primary N) is 1. The number of anilines is 1. The molecule has 116 valence electrons. The van der Waals surface area contributed by atoms with Crippen molar-refractivity contribution in [2.24, 2.45) is 11.7 Å². The fourth-order valence-corrected chi connectivity index (χ4v) is 3.04. The Balaban J connectivity index is 1.97. The summed E-state index contributed by atoms with van der Waals surface area (Å²) >= 11 is 5.69. The lowest BCUT2D eigenvalue weighted by Crippen LogP contribution is -2.51. The number of carbonyl (C=O) groups is 1. The second-order valence-corrected chi connectivity index (χ2v) is 6.00. The molecule has 1 saturated heterocycles. The predicted octanol–water partition coefficient (Wildman–Crippen LogP) is 2.48. The summed E-state index contributed by atoms with van der Waals surface area (Å²) < 4.78 is 13.7. The normalized spacial score (nSPS) is 23.0. The molecule has 2 atom stereocenters. The smallest absolute Gasteiger partial charge is 0.238 e. The zero-order valence-corrected chi connectivity index (χ0v) is 12.9. The van der Waals surface area contributed by atoms with E-state index in [-0.39, 0.29) is 24.2 Å². The van der Waals surface area contributed by atoms with E-state index in [0.29, 0.717) is 17.5 Å². The number of halogens is 2. The van der Waals surface area contributed by atoms with Gasteiger partial charge >= 0.3 is 0 Å². The molecule has 1 aliphatic heterocycles. The van der Waals surface area contributed by atoms with Crippen LogP contribution in [0.5, 0.6) is 0 Å². The Hall–Kier alpha value is -1.17. The van der Waals surface area contributed by atoms with Crippen LogP contribution in [-0.4, -0.2) is 36.5 Å². The molecular weight excluding hydrogens is 293 g/mol. The molecule has 6 heteroatoms. The van der Waals surface area contributed by atoms with Gasteiger partial charge in [0.15, 0.2) is 0 Å². The first-order valence-corrected chi connectivity index (χ1v) is 7.58. The van der Waals surface area contributed by atoms with Crippen LogP contribution in [0.15, 0.2) is 18.2 Å². The predicted molar refractivity (Wildman–Crippen MR) is 82.9 cm³/mol. The maximum atomic E-state index is 13.7. The Bertz CT molecular complexity index is 512. The van der Waals surface area contributed by atoms with Gasteiger partial charge in [0.1, 0.15) is 5.82 Å². The number of carbonyl (C=O) groups excluding carboxylic acids is 1. The minimum atomic E-state index is -0.529.